The Morgan fingerprint density at radius 1 is 1.37 bits per heavy atom. The van der Waals surface area contributed by atoms with Crippen LogP contribution < -0.4 is 0 Å². The quantitative estimate of drug-likeness (QED) is 0.578. The van der Waals surface area contributed by atoms with Crippen molar-refractivity contribution in [3.63, 3.8) is 0 Å². The van der Waals surface area contributed by atoms with Crippen molar-refractivity contribution in [3.05, 3.63) is 35.9 Å². The molecule has 1 N–H and O–H groups in total. The van der Waals surface area contributed by atoms with Gasteiger partial charge in [-0.1, -0.05) is 30.3 Å². The lowest BCUT2D eigenvalue weighted by atomic mass is 10.1. The summed E-state index contributed by atoms with van der Waals surface area (Å²) in [6.45, 7) is 5.40. The van der Waals surface area contributed by atoms with E-state index in [1.165, 1.54) is 0 Å². The minimum absolute atomic E-state index is 0.252. The predicted molar refractivity (Wildman–Crippen MR) is 75.1 cm³/mol. The van der Waals surface area contributed by atoms with Crippen LogP contribution in [0, 0.1) is 0 Å². The number of aliphatic hydroxyl groups is 1. The van der Waals surface area contributed by atoms with Gasteiger partial charge in [0.25, 0.3) is 0 Å². The van der Waals surface area contributed by atoms with Crippen LogP contribution in [0.3, 0.4) is 0 Å². The summed E-state index contributed by atoms with van der Waals surface area (Å²) in [5, 5.41) is 9.17. The molecule has 0 saturated carbocycles. The van der Waals surface area contributed by atoms with Gasteiger partial charge < -0.3 is 9.84 Å². The Bertz CT molecular complexity index is 390. The SMILES string of the molecule is C=N[C@H](CCC[C@H](C)O)C(=O)OCc1ccccc1. The Labute approximate surface area is 114 Å². The van der Waals surface area contributed by atoms with Crippen LogP contribution in [0.25, 0.3) is 0 Å². The topological polar surface area (TPSA) is 58.9 Å². The molecule has 4 heteroatoms. The van der Waals surface area contributed by atoms with E-state index in [9.17, 15) is 4.79 Å². The molecule has 4 nitrogen and oxygen atoms in total. The van der Waals surface area contributed by atoms with E-state index in [2.05, 4.69) is 11.7 Å². The van der Waals surface area contributed by atoms with Crippen LogP contribution in [-0.4, -0.2) is 29.9 Å². The monoisotopic (exact) mass is 263 g/mol. The minimum Gasteiger partial charge on any atom is -0.459 e. The second-order valence-corrected chi connectivity index (χ2v) is 4.57. The molecule has 0 radical (unpaired) electrons. The minimum atomic E-state index is -0.539. The number of aliphatic imine (C=N–C) groups is 1. The molecule has 1 aromatic carbocycles. The van der Waals surface area contributed by atoms with Crippen LogP contribution in [0.2, 0.25) is 0 Å². The van der Waals surface area contributed by atoms with Gasteiger partial charge in [-0.25, -0.2) is 4.79 Å². The number of carbonyl (C=O) groups excluding carboxylic acids is 1. The van der Waals surface area contributed by atoms with E-state index in [0.717, 1.165) is 12.0 Å². The second-order valence-electron chi connectivity index (χ2n) is 4.57. The van der Waals surface area contributed by atoms with E-state index in [1.807, 2.05) is 30.3 Å². The summed E-state index contributed by atoms with van der Waals surface area (Å²) in [4.78, 5) is 15.6. The lowest BCUT2D eigenvalue weighted by Gasteiger charge is -2.12. The van der Waals surface area contributed by atoms with E-state index in [0.29, 0.717) is 12.8 Å². The van der Waals surface area contributed by atoms with Crippen LogP contribution in [0.4, 0.5) is 0 Å². The zero-order chi connectivity index (χ0) is 14.1. The third-order valence-corrected chi connectivity index (χ3v) is 2.82. The smallest absolute Gasteiger partial charge is 0.331 e. The average molecular weight is 263 g/mol. The zero-order valence-electron chi connectivity index (χ0n) is 11.3. The van der Waals surface area contributed by atoms with E-state index in [-0.39, 0.29) is 18.7 Å². The van der Waals surface area contributed by atoms with Crippen molar-refractivity contribution in [2.45, 2.75) is 44.9 Å². The molecule has 2 atom stereocenters. The van der Waals surface area contributed by atoms with Crippen LogP contribution in [-0.2, 0) is 16.1 Å². The first-order chi connectivity index (χ1) is 9.13. The number of aliphatic hydroxyl groups excluding tert-OH is 1. The van der Waals surface area contributed by atoms with Crippen molar-refractivity contribution in [2.75, 3.05) is 0 Å². The third kappa shape index (κ3) is 6.15. The molecule has 19 heavy (non-hydrogen) atoms. The number of hydrogen-bond donors (Lipinski definition) is 1. The zero-order valence-corrected chi connectivity index (χ0v) is 11.3. The maximum absolute atomic E-state index is 11.8. The van der Waals surface area contributed by atoms with Gasteiger partial charge in [0.1, 0.15) is 12.6 Å². The van der Waals surface area contributed by atoms with Gasteiger partial charge in [0.15, 0.2) is 0 Å². The van der Waals surface area contributed by atoms with Crippen molar-refractivity contribution in [1.82, 2.24) is 0 Å². The number of nitrogens with zero attached hydrogens (tertiary/aromatic N) is 1. The third-order valence-electron chi connectivity index (χ3n) is 2.82. The summed E-state index contributed by atoms with van der Waals surface area (Å²) in [6, 6.07) is 8.97. The van der Waals surface area contributed by atoms with Gasteiger partial charge >= 0.3 is 5.97 Å². The molecule has 0 heterocycles. The summed E-state index contributed by atoms with van der Waals surface area (Å²) < 4.78 is 5.20. The first kappa shape index (κ1) is 15.4. The molecule has 0 fully saturated rings. The summed E-state index contributed by atoms with van der Waals surface area (Å²) in [5.41, 5.74) is 0.947. The van der Waals surface area contributed by atoms with Crippen molar-refractivity contribution in [3.8, 4) is 0 Å². The lowest BCUT2D eigenvalue weighted by Crippen LogP contribution is -2.21. The van der Waals surface area contributed by atoms with Crippen molar-refractivity contribution >= 4 is 12.7 Å². The van der Waals surface area contributed by atoms with Crippen molar-refractivity contribution in [2.24, 2.45) is 4.99 Å². The van der Waals surface area contributed by atoms with Gasteiger partial charge in [0.2, 0.25) is 0 Å². The standard InChI is InChI=1S/C15H21NO3/c1-12(17)7-6-10-14(16-2)15(18)19-11-13-8-4-3-5-9-13/h3-5,8-9,12,14,17H,2,6-7,10-11H2,1H3/t12-,14+/m0/s1. The number of hydrogen-bond acceptors (Lipinski definition) is 4. The van der Waals surface area contributed by atoms with Gasteiger partial charge in [-0.05, 0) is 38.5 Å². The maximum atomic E-state index is 11.8. The maximum Gasteiger partial charge on any atom is 0.331 e. The van der Waals surface area contributed by atoms with Gasteiger partial charge in [-0.2, -0.15) is 0 Å². The van der Waals surface area contributed by atoms with Gasteiger partial charge in [-0.3, -0.25) is 4.99 Å². The fraction of sp³-hybridized carbons (Fsp3) is 0.467. The molecule has 1 rings (SSSR count). The molecule has 0 aliphatic heterocycles. The van der Waals surface area contributed by atoms with E-state index in [1.54, 1.807) is 6.92 Å². The molecular weight excluding hydrogens is 242 g/mol. The van der Waals surface area contributed by atoms with Crippen LogP contribution in [0.15, 0.2) is 35.3 Å². The molecule has 0 unspecified atom stereocenters. The number of rotatable bonds is 8. The number of ether oxygens (including phenoxy) is 1. The molecule has 0 amide bonds. The molecule has 0 aliphatic carbocycles. The highest BCUT2D eigenvalue weighted by atomic mass is 16.5. The summed E-state index contributed by atoms with van der Waals surface area (Å²) in [7, 11) is 0. The predicted octanol–water partition coefficient (Wildman–Crippen LogP) is 2.35. The van der Waals surface area contributed by atoms with E-state index in [4.69, 9.17) is 9.84 Å². The molecule has 0 bridgehead atoms. The number of carbonyl (C=O) groups is 1. The van der Waals surface area contributed by atoms with Gasteiger partial charge in [0.05, 0.1) is 6.10 Å². The van der Waals surface area contributed by atoms with E-state index < -0.39 is 6.04 Å². The Morgan fingerprint density at radius 3 is 2.63 bits per heavy atom. The Kier molecular flexibility index (Phi) is 6.82. The van der Waals surface area contributed by atoms with Gasteiger partial charge in [0, 0.05) is 0 Å². The molecule has 0 aromatic heterocycles. The average Bonchev–Trinajstić information content (AvgIpc) is 2.42. The Balaban J connectivity index is 2.35. The van der Waals surface area contributed by atoms with E-state index >= 15 is 0 Å². The summed E-state index contributed by atoms with van der Waals surface area (Å²) in [6.07, 6.45) is 1.58. The first-order valence-electron chi connectivity index (χ1n) is 6.48. The normalized spacial score (nSPS) is 13.6. The van der Waals surface area contributed by atoms with Crippen LogP contribution in [0.5, 0.6) is 0 Å². The number of esters is 1. The second kappa shape index (κ2) is 8.43. The molecular formula is C15H21NO3. The van der Waals surface area contributed by atoms with Crippen LogP contribution >= 0.6 is 0 Å². The molecule has 0 saturated heterocycles. The Hall–Kier alpha value is -1.68. The summed E-state index contributed by atoms with van der Waals surface area (Å²) >= 11 is 0. The fourth-order valence-corrected chi connectivity index (χ4v) is 1.72. The van der Waals surface area contributed by atoms with Crippen molar-refractivity contribution in [1.29, 1.82) is 0 Å². The highest BCUT2D eigenvalue weighted by molar-refractivity contribution is 5.76. The molecule has 104 valence electrons. The highest BCUT2D eigenvalue weighted by Crippen LogP contribution is 2.10. The molecule has 0 aliphatic rings. The highest BCUT2D eigenvalue weighted by Gasteiger charge is 2.17. The summed E-state index contributed by atoms with van der Waals surface area (Å²) in [5.74, 6) is -0.357. The molecule has 0 spiro atoms. The van der Waals surface area contributed by atoms with Gasteiger partial charge in [-0.15, -0.1) is 0 Å². The molecule has 1 aromatic rings. The number of benzene rings is 1. The Morgan fingerprint density at radius 2 is 2.05 bits per heavy atom. The van der Waals surface area contributed by atoms with Crippen LogP contribution in [0.1, 0.15) is 31.7 Å². The fourth-order valence-electron chi connectivity index (χ4n) is 1.72. The first-order valence-corrected chi connectivity index (χ1v) is 6.48. The lowest BCUT2D eigenvalue weighted by molar-refractivity contribution is -0.146. The largest absolute Gasteiger partial charge is 0.459 e. The van der Waals surface area contributed by atoms with Crippen molar-refractivity contribution < 1.29 is 14.6 Å².